The number of quaternary nitrogens is 1. The van der Waals surface area contributed by atoms with Crippen molar-refractivity contribution in [2.24, 2.45) is 0 Å². The zero-order chi connectivity index (χ0) is 26.1. The lowest BCUT2D eigenvalue weighted by atomic mass is 9.54. The molecule has 2 aromatic rings. The van der Waals surface area contributed by atoms with Gasteiger partial charge >= 0.3 is 5.97 Å². The summed E-state index contributed by atoms with van der Waals surface area (Å²) in [7, 11) is 6.03. The number of hydrogen-bond acceptors (Lipinski definition) is 4. The van der Waals surface area contributed by atoms with Gasteiger partial charge in [-0.15, -0.1) is 0 Å². The lowest BCUT2D eigenvalue weighted by Crippen LogP contribution is -2.71. The summed E-state index contributed by atoms with van der Waals surface area (Å²) in [5.41, 5.74) is 0.788. The van der Waals surface area contributed by atoms with Gasteiger partial charge in [-0.25, -0.2) is 0 Å². The van der Waals surface area contributed by atoms with Crippen LogP contribution in [0.3, 0.4) is 0 Å². The number of nitrogens with one attached hydrogen (secondary N) is 1. The molecule has 0 radical (unpaired) electrons. The summed E-state index contributed by atoms with van der Waals surface area (Å²) in [4.78, 5) is 25.5. The quantitative estimate of drug-likeness (QED) is 0.422. The van der Waals surface area contributed by atoms with Gasteiger partial charge in [-0.05, 0) is 54.7 Å². The van der Waals surface area contributed by atoms with Crippen LogP contribution in [-0.2, 0) is 26.2 Å². The van der Waals surface area contributed by atoms with Crippen LogP contribution in [0.5, 0.6) is 5.75 Å². The lowest BCUT2D eigenvalue weighted by molar-refractivity contribution is -0.904. The zero-order valence-corrected chi connectivity index (χ0v) is 22.9. The van der Waals surface area contributed by atoms with E-state index in [0.717, 1.165) is 40.7 Å². The van der Waals surface area contributed by atoms with E-state index in [0.29, 0.717) is 29.4 Å². The van der Waals surface area contributed by atoms with Crippen LogP contribution in [-0.4, -0.2) is 62.3 Å². The third kappa shape index (κ3) is 5.36. The maximum atomic E-state index is 13.0. The molecule has 0 unspecified atom stereocenters. The summed E-state index contributed by atoms with van der Waals surface area (Å²) in [6.45, 7) is 3.14. The van der Waals surface area contributed by atoms with Crippen molar-refractivity contribution in [3.8, 4) is 5.75 Å². The first-order valence-corrected chi connectivity index (χ1v) is 13.1. The van der Waals surface area contributed by atoms with Crippen LogP contribution in [0.25, 0.3) is 0 Å². The van der Waals surface area contributed by atoms with Gasteiger partial charge in [0.1, 0.15) is 12.3 Å². The maximum absolute atomic E-state index is 13.0. The number of methoxy groups -OCH3 is 1. The van der Waals surface area contributed by atoms with Crippen LogP contribution >= 0.6 is 23.2 Å². The second-order valence-electron chi connectivity index (χ2n) is 10.9. The van der Waals surface area contributed by atoms with Crippen molar-refractivity contribution < 1.29 is 23.5 Å². The second kappa shape index (κ2) is 10.2. The molecular formula is C28H35Cl2N2O4+. The summed E-state index contributed by atoms with van der Waals surface area (Å²) in [6.07, 6.45) is 3.13. The Labute approximate surface area is 223 Å². The molecule has 2 aliphatic rings. The molecule has 0 spiro atoms. The van der Waals surface area contributed by atoms with Crippen molar-refractivity contribution in [2.45, 2.75) is 56.1 Å². The third-order valence-corrected chi connectivity index (χ3v) is 8.61. The minimum absolute atomic E-state index is 0.0520. The van der Waals surface area contributed by atoms with E-state index in [9.17, 15) is 9.59 Å². The molecule has 1 amide bonds. The highest BCUT2D eigenvalue weighted by Gasteiger charge is 2.64. The lowest BCUT2D eigenvalue weighted by Gasteiger charge is -2.60. The van der Waals surface area contributed by atoms with Crippen molar-refractivity contribution in [1.82, 2.24) is 5.32 Å². The predicted molar refractivity (Wildman–Crippen MR) is 142 cm³/mol. The van der Waals surface area contributed by atoms with Gasteiger partial charge in [0.25, 0.3) is 0 Å². The molecule has 6 nitrogen and oxygen atoms in total. The van der Waals surface area contributed by atoms with Gasteiger partial charge in [-0.3, -0.25) is 9.59 Å². The van der Waals surface area contributed by atoms with Crippen molar-refractivity contribution in [3.05, 3.63) is 63.6 Å². The van der Waals surface area contributed by atoms with Crippen LogP contribution in [0.15, 0.2) is 42.5 Å². The number of carbonyl (C=O) groups excluding carboxylic acids is 2. The Balaban J connectivity index is 1.66. The Morgan fingerprint density at radius 3 is 2.58 bits per heavy atom. The Kier molecular flexibility index (Phi) is 7.61. The van der Waals surface area contributed by atoms with Crippen LogP contribution < -0.4 is 10.1 Å². The van der Waals surface area contributed by atoms with Crippen molar-refractivity contribution in [2.75, 3.05) is 34.3 Å². The number of benzene rings is 2. The Morgan fingerprint density at radius 1 is 1.11 bits per heavy atom. The van der Waals surface area contributed by atoms with Crippen LogP contribution in [0.4, 0.5) is 0 Å². The number of likely N-dealkylation sites (tertiary alicyclic amines) is 1. The first kappa shape index (κ1) is 26.8. The fourth-order valence-electron chi connectivity index (χ4n) is 6.32. The van der Waals surface area contributed by atoms with Gasteiger partial charge in [-0.1, -0.05) is 41.4 Å². The number of rotatable bonds is 6. The molecule has 36 heavy (non-hydrogen) atoms. The molecule has 2 fully saturated rings. The minimum Gasteiger partial charge on any atom is -0.497 e. The number of likely N-dealkylation sites (N-methyl/N-ethyl adjacent to an activating group) is 1. The number of esters is 1. The number of halogens is 2. The van der Waals surface area contributed by atoms with Crippen molar-refractivity contribution in [3.63, 3.8) is 0 Å². The molecule has 0 bridgehead atoms. The van der Waals surface area contributed by atoms with E-state index >= 15 is 0 Å². The largest absolute Gasteiger partial charge is 0.497 e. The standard InChI is InChI=1S/C28H34Cl2N2O4/c1-19(33)36-28-11-10-22(31-26(34)15-20-8-9-24(29)25(30)14-20)17-27(28,12-13-32(2,3)18-28)21-6-5-7-23(16-21)35-4/h5-9,14,16,22H,10-13,15,17-18H2,1-4H3/p+1/t22-,27+,28+/m1/s1. The first-order valence-electron chi connectivity index (χ1n) is 12.4. The van der Waals surface area contributed by atoms with Gasteiger partial charge in [0.2, 0.25) is 5.91 Å². The van der Waals surface area contributed by atoms with Gasteiger partial charge in [0.15, 0.2) is 5.60 Å². The highest BCUT2D eigenvalue weighted by molar-refractivity contribution is 6.42. The van der Waals surface area contributed by atoms with E-state index in [4.69, 9.17) is 32.7 Å². The molecule has 1 saturated carbocycles. The number of nitrogens with zero attached hydrogens (tertiary/aromatic N) is 1. The number of hydrogen-bond donors (Lipinski definition) is 1. The fourth-order valence-corrected chi connectivity index (χ4v) is 6.64. The number of amides is 1. The van der Waals surface area contributed by atoms with E-state index in [1.165, 1.54) is 6.92 Å². The second-order valence-corrected chi connectivity index (χ2v) is 11.7. The summed E-state index contributed by atoms with van der Waals surface area (Å²) in [5.74, 6) is 0.432. The number of carbonyl (C=O) groups is 2. The Hall–Kier alpha value is -2.28. The zero-order valence-electron chi connectivity index (χ0n) is 21.4. The van der Waals surface area contributed by atoms with E-state index in [1.807, 2.05) is 18.2 Å². The molecule has 4 rings (SSSR count). The minimum atomic E-state index is -0.669. The van der Waals surface area contributed by atoms with E-state index in [-0.39, 0.29) is 24.3 Å². The average Bonchev–Trinajstić information content (AvgIpc) is 2.81. The monoisotopic (exact) mass is 533 g/mol. The summed E-state index contributed by atoms with van der Waals surface area (Å²) < 4.78 is 12.6. The number of ether oxygens (including phenoxy) is 2. The summed E-state index contributed by atoms with van der Waals surface area (Å²) in [5, 5.41) is 4.16. The highest BCUT2D eigenvalue weighted by Crippen LogP contribution is 2.54. The van der Waals surface area contributed by atoms with Crippen LogP contribution in [0.2, 0.25) is 10.0 Å². The average molecular weight is 535 g/mol. The Bertz CT molecular complexity index is 1150. The molecule has 1 saturated heterocycles. The van der Waals surface area contributed by atoms with Crippen LogP contribution in [0, 0.1) is 0 Å². The first-order chi connectivity index (χ1) is 17.0. The van der Waals surface area contributed by atoms with Gasteiger partial charge in [-0.2, -0.15) is 0 Å². The van der Waals surface area contributed by atoms with E-state index in [1.54, 1.807) is 19.2 Å². The third-order valence-electron chi connectivity index (χ3n) is 7.87. The fraction of sp³-hybridized carbons (Fsp3) is 0.500. The number of fused-ring (bicyclic) bond motifs is 1. The smallest absolute Gasteiger partial charge is 0.303 e. The summed E-state index contributed by atoms with van der Waals surface area (Å²) >= 11 is 12.2. The van der Waals surface area contributed by atoms with Gasteiger partial charge in [0.05, 0.1) is 44.2 Å². The topological polar surface area (TPSA) is 64.6 Å². The predicted octanol–water partition coefficient (Wildman–Crippen LogP) is 4.93. The maximum Gasteiger partial charge on any atom is 0.303 e. The SMILES string of the molecule is COc1cccc([C@@]23CC[N+](C)(C)C[C@@]2(OC(C)=O)CC[C@@H](NC(=O)Cc2ccc(Cl)c(Cl)c2)C3)c1. The molecule has 1 N–H and O–H groups in total. The molecule has 1 heterocycles. The van der Waals surface area contributed by atoms with Crippen molar-refractivity contribution >= 4 is 35.1 Å². The molecule has 0 aromatic heterocycles. The molecular weight excluding hydrogens is 499 g/mol. The molecule has 194 valence electrons. The molecule has 1 aliphatic heterocycles. The molecule has 3 atom stereocenters. The molecule has 8 heteroatoms. The van der Waals surface area contributed by atoms with Crippen molar-refractivity contribution in [1.29, 1.82) is 0 Å². The summed E-state index contributed by atoms with van der Waals surface area (Å²) in [6, 6.07) is 13.3. The van der Waals surface area contributed by atoms with E-state index in [2.05, 4.69) is 31.5 Å². The normalized spacial score (nSPS) is 27.0. The number of piperidine rings is 1. The van der Waals surface area contributed by atoms with E-state index < -0.39 is 11.0 Å². The van der Waals surface area contributed by atoms with Gasteiger partial charge in [0, 0.05) is 24.8 Å². The highest BCUT2D eigenvalue weighted by atomic mass is 35.5. The van der Waals surface area contributed by atoms with Gasteiger partial charge < -0.3 is 19.3 Å². The molecule has 1 aliphatic carbocycles. The Morgan fingerprint density at radius 2 is 1.89 bits per heavy atom. The molecule has 2 aromatic carbocycles. The van der Waals surface area contributed by atoms with Crippen LogP contribution in [0.1, 0.15) is 43.7 Å².